The van der Waals surface area contributed by atoms with Gasteiger partial charge in [0.05, 0.1) is 12.2 Å². The third-order valence-corrected chi connectivity index (χ3v) is 7.92. The molecule has 1 N–H and O–H groups in total. The molecule has 0 radical (unpaired) electrons. The molecule has 0 bridgehead atoms. The van der Waals surface area contributed by atoms with Gasteiger partial charge in [0.25, 0.3) is 0 Å². The van der Waals surface area contributed by atoms with Gasteiger partial charge in [-0.05, 0) is 58.2 Å². The van der Waals surface area contributed by atoms with Crippen LogP contribution in [0.15, 0.2) is 60.9 Å². The number of carboxylic acids is 1. The van der Waals surface area contributed by atoms with Crippen molar-refractivity contribution in [1.29, 1.82) is 0 Å². The predicted octanol–water partition coefficient (Wildman–Crippen LogP) is 4.95. The maximum Gasteiger partial charge on any atom is 0.335 e. The third kappa shape index (κ3) is 3.63. The topological polar surface area (TPSA) is 75.6 Å². The van der Waals surface area contributed by atoms with E-state index in [-0.39, 0.29) is 10.8 Å². The molecule has 1 saturated carbocycles. The minimum absolute atomic E-state index is 0.200. The van der Waals surface area contributed by atoms with Crippen molar-refractivity contribution in [2.75, 3.05) is 24.6 Å². The second-order valence-electron chi connectivity index (χ2n) is 9.71. The van der Waals surface area contributed by atoms with Gasteiger partial charge in [-0.3, -0.25) is 0 Å². The van der Waals surface area contributed by atoms with Gasteiger partial charge in [0.2, 0.25) is 5.95 Å². The highest BCUT2D eigenvalue weighted by molar-refractivity contribution is 5.88. The number of aryl methyl sites for hydroxylation is 1. The summed E-state index contributed by atoms with van der Waals surface area (Å²) in [6, 6.07) is 14.9. The molecule has 33 heavy (non-hydrogen) atoms. The molecule has 6 nitrogen and oxygen atoms in total. The molecule has 1 aliphatic heterocycles. The summed E-state index contributed by atoms with van der Waals surface area (Å²) >= 11 is 0. The van der Waals surface area contributed by atoms with Crippen LogP contribution in [-0.2, 0) is 6.42 Å². The Morgan fingerprint density at radius 3 is 2.06 bits per heavy atom. The zero-order chi connectivity index (χ0) is 23.2. The molecule has 1 aromatic heterocycles. The number of aromatic carboxylic acids is 1. The molecule has 5 rings (SSSR count). The van der Waals surface area contributed by atoms with Crippen LogP contribution in [0.2, 0.25) is 0 Å². The van der Waals surface area contributed by atoms with Crippen LogP contribution in [0.25, 0.3) is 11.1 Å². The number of hydrogen-bond acceptors (Lipinski definition) is 5. The molecule has 1 aliphatic carbocycles. The Hall–Kier alpha value is -3.41. The normalized spacial score (nSPS) is 25.5. The van der Waals surface area contributed by atoms with Crippen molar-refractivity contribution in [2.24, 2.45) is 16.7 Å². The molecule has 3 aromatic rings. The number of piperidine rings is 1. The number of benzene rings is 2. The second kappa shape index (κ2) is 7.87. The summed E-state index contributed by atoms with van der Waals surface area (Å²) in [6.45, 7) is 9.42. The van der Waals surface area contributed by atoms with E-state index in [1.54, 1.807) is 12.1 Å². The Morgan fingerprint density at radius 2 is 1.55 bits per heavy atom. The van der Waals surface area contributed by atoms with E-state index in [0.29, 0.717) is 18.1 Å². The van der Waals surface area contributed by atoms with Crippen molar-refractivity contribution in [3.63, 3.8) is 0 Å². The van der Waals surface area contributed by atoms with Crippen molar-refractivity contribution in [3.8, 4) is 16.9 Å². The van der Waals surface area contributed by atoms with Crippen LogP contribution >= 0.6 is 0 Å². The largest absolute Gasteiger partial charge is 0.493 e. The number of hydrogen-bond donors (Lipinski definition) is 1. The van der Waals surface area contributed by atoms with Gasteiger partial charge in [-0.25, -0.2) is 14.8 Å². The third-order valence-electron chi connectivity index (χ3n) is 7.92. The fraction of sp³-hybridized carbons (Fsp3) is 0.370. The molecule has 3 atom stereocenters. The molecule has 2 aliphatic rings. The quantitative estimate of drug-likeness (QED) is 0.557. The Balaban J connectivity index is 1.19. The van der Waals surface area contributed by atoms with Crippen molar-refractivity contribution in [2.45, 2.75) is 27.2 Å². The molecular formula is C27H29N3O3. The highest BCUT2D eigenvalue weighted by Gasteiger charge is 2.75. The number of carbonyl (C=O) groups is 1. The van der Waals surface area contributed by atoms with Crippen LogP contribution in [0.5, 0.6) is 5.75 Å². The van der Waals surface area contributed by atoms with E-state index in [9.17, 15) is 4.79 Å². The maximum absolute atomic E-state index is 11.0. The number of fused-ring (bicyclic) bond motifs is 1. The molecule has 0 spiro atoms. The first-order chi connectivity index (χ1) is 15.8. The molecule has 170 valence electrons. The van der Waals surface area contributed by atoms with E-state index in [1.807, 2.05) is 48.8 Å². The van der Waals surface area contributed by atoms with Crippen LogP contribution < -0.4 is 9.64 Å². The zero-order valence-corrected chi connectivity index (χ0v) is 19.3. The van der Waals surface area contributed by atoms with E-state index < -0.39 is 5.97 Å². The summed E-state index contributed by atoms with van der Waals surface area (Å²) in [4.78, 5) is 22.5. The maximum atomic E-state index is 11.0. The molecule has 2 heterocycles. The lowest BCUT2D eigenvalue weighted by molar-refractivity contribution is 0.0697. The molecule has 0 unspecified atom stereocenters. The first-order valence-electron chi connectivity index (χ1n) is 11.5. The molecule has 2 aromatic carbocycles. The number of ether oxygens (including phenoxy) is 1. The van der Waals surface area contributed by atoms with Gasteiger partial charge in [0, 0.05) is 31.4 Å². The average molecular weight is 444 g/mol. The van der Waals surface area contributed by atoms with Crippen LogP contribution in [0.3, 0.4) is 0 Å². The second-order valence-corrected chi connectivity index (χ2v) is 9.71. The Bertz CT molecular complexity index is 1140. The predicted molar refractivity (Wildman–Crippen MR) is 128 cm³/mol. The molecule has 1 saturated heterocycles. The first-order valence-corrected chi connectivity index (χ1v) is 11.5. The van der Waals surface area contributed by atoms with E-state index in [2.05, 4.69) is 35.6 Å². The Kier molecular flexibility index (Phi) is 5.11. The first kappa shape index (κ1) is 21.4. The number of anilines is 1. The van der Waals surface area contributed by atoms with Gasteiger partial charge in [-0.1, -0.05) is 45.0 Å². The van der Waals surface area contributed by atoms with Gasteiger partial charge in [-0.15, -0.1) is 0 Å². The summed E-state index contributed by atoms with van der Waals surface area (Å²) in [5, 5.41) is 9.05. The lowest BCUT2D eigenvalue weighted by Gasteiger charge is -2.23. The fourth-order valence-electron chi connectivity index (χ4n) is 5.44. The van der Waals surface area contributed by atoms with Crippen molar-refractivity contribution in [3.05, 3.63) is 72.1 Å². The molecule has 0 amide bonds. The monoisotopic (exact) mass is 443 g/mol. The average Bonchev–Trinajstić information content (AvgIpc) is 3.12. The summed E-state index contributed by atoms with van der Waals surface area (Å²) in [5.74, 6) is 1.27. The minimum Gasteiger partial charge on any atom is -0.493 e. The van der Waals surface area contributed by atoms with Crippen molar-refractivity contribution >= 4 is 11.9 Å². The molecule has 2 fully saturated rings. The Morgan fingerprint density at radius 1 is 1.00 bits per heavy atom. The van der Waals surface area contributed by atoms with E-state index >= 15 is 0 Å². The highest BCUT2D eigenvalue weighted by atomic mass is 16.5. The molecular weight excluding hydrogens is 414 g/mol. The van der Waals surface area contributed by atoms with Crippen molar-refractivity contribution < 1.29 is 14.6 Å². The number of nitrogens with zero attached hydrogens (tertiary/aromatic N) is 3. The summed E-state index contributed by atoms with van der Waals surface area (Å²) < 4.78 is 6.18. The standard InChI is InChI=1S/C27H29N3O3/c1-4-18-13-28-25(29-14-18)30-16-26(2)23(27(26,3)17-30)15-33-22-11-9-20(10-12-22)19-5-7-21(8-6-19)24(31)32/h5-14,23H,4,15-17H2,1-3H3,(H,31,32)/t23-,26-,27+. The smallest absolute Gasteiger partial charge is 0.335 e. The van der Waals surface area contributed by atoms with Crippen LogP contribution in [0.4, 0.5) is 5.95 Å². The fourth-order valence-corrected chi connectivity index (χ4v) is 5.44. The zero-order valence-electron chi connectivity index (χ0n) is 19.3. The van der Waals surface area contributed by atoms with E-state index in [4.69, 9.17) is 9.84 Å². The Labute approximate surface area is 194 Å². The van der Waals surface area contributed by atoms with E-state index in [0.717, 1.165) is 47.9 Å². The number of aromatic nitrogens is 2. The minimum atomic E-state index is -0.914. The van der Waals surface area contributed by atoms with Crippen molar-refractivity contribution in [1.82, 2.24) is 9.97 Å². The van der Waals surface area contributed by atoms with Crippen LogP contribution in [-0.4, -0.2) is 40.7 Å². The SMILES string of the molecule is CCc1cnc(N2C[C@@]3(C)[C@H](COc4ccc(-c5ccc(C(=O)O)cc5)cc4)[C@@]3(C)C2)nc1. The van der Waals surface area contributed by atoms with Crippen LogP contribution in [0, 0.1) is 16.7 Å². The summed E-state index contributed by atoms with van der Waals surface area (Å²) in [6.07, 6.45) is 4.82. The van der Waals surface area contributed by atoms with E-state index in [1.165, 1.54) is 0 Å². The summed E-state index contributed by atoms with van der Waals surface area (Å²) in [7, 11) is 0. The van der Waals surface area contributed by atoms with Gasteiger partial charge in [0.1, 0.15) is 5.75 Å². The van der Waals surface area contributed by atoms with Crippen LogP contribution in [0.1, 0.15) is 36.7 Å². The lowest BCUT2D eigenvalue weighted by atomic mass is 10.0. The lowest BCUT2D eigenvalue weighted by Crippen LogP contribution is -2.30. The number of carboxylic acid groups (broad SMARTS) is 1. The van der Waals surface area contributed by atoms with Gasteiger partial charge < -0.3 is 14.7 Å². The van der Waals surface area contributed by atoms with Gasteiger partial charge >= 0.3 is 5.97 Å². The van der Waals surface area contributed by atoms with Gasteiger partial charge in [0.15, 0.2) is 0 Å². The summed E-state index contributed by atoms with van der Waals surface area (Å²) in [5.41, 5.74) is 3.87. The molecule has 6 heteroatoms. The number of rotatable bonds is 7. The highest BCUT2D eigenvalue weighted by Crippen LogP contribution is 2.72. The van der Waals surface area contributed by atoms with Gasteiger partial charge in [-0.2, -0.15) is 0 Å².